The summed E-state index contributed by atoms with van der Waals surface area (Å²) in [5.41, 5.74) is 2.64. The minimum Gasteiger partial charge on any atom is -0.361 e. The fourth-order valence-corrected chi connectivity index (χ4v) is 4.32. The molecule has 0 bridgehead atoms. The van der Waals surface area contributed by atoms with E-state index in [0.29, 0.717) is 25.1 Å². The minimum absolute atomic E-state index is 0.0822. The number of likely N-dealkylation sites (N-methyl/N-ethyl adjacent to an activating group) is 1. The van der Waals surface area contributed by atoms with E-state index in [4.69, 9.17) is 4.74 Å². The van der Waals surface area contributed by atoms with Crippen LogP contribution in [0, 0.1) is 0 Å². The molecule has 5 nitrogen and oxygen atoms in total. The first-order valence-electron chi connectivity index (χ1n) is 10.8. The molecule has 2 amide bonds. The van der Waals surface area contributed by atoms with Crippen LogP contribution in [0.4, 0.5) is 0 Å². The maximum absolute atomic E-state index is 13.4. The lowest BCUT2D eigenvalue weighted by molar-refractivity contribution is -0.165. The molecule has 32 heavy (non-hydrogen) atoms. The number of nitrogens with zero attached hydrogens (tertiary/aromatic N) is 2. The topological polar surface area (TPSA) is 49.9 Å². The van der Waals surface area contributed by atoms with Gasteiger partial charge in [-0.25, -0.2) is 0 Å². The smallest absolute Gasteiger partial charge is 0.256 e. The van der Waals surface area contributed by atoms with Gasteiger partial charge < -0.3 is 14.5 Å². The van der Waals surface area contributed by atoms with Crippen LogP contribution in [0.2, 0.25) is 0 Å². The number of hydrogen-bond acceptors (Lipinski definition) is 3. The Morgan fingerprint density at radius 2 is 1.53 bits per heavy atom. The van der Waals surface area contributed by atoms with Crippen molar-refractivity contribution in [2.75, 3.05) is 33.8 Å². The first-order valence-corrected chi connectivity index (χ1v) is 10.8. The van der Waals surface area contributed by atoms with Crippen molar-refractivity contribution in [1.82, 2.24) is 9.80 Å². The highest BCUT2D eigenvalue weighted by Gasteiger charge is 2.46. The van der Waals surface area contributed by atoms with E-state index in [1.54, 1.807) is 36.0 Å². The van der Waals surface area contributed by atoms with Crippen LogP contribution in [0.25, 0.3) is 11.1 Å². The number of morpholine rings is 1. The van der Waals surface area contributed by atoms with Crippen LogP contribution < -0.4 is 0 Å². The predicted octanol–water partition coefficient (Wildman–Crippen LogP) is 3.90. The molecule has 0 saturated carbocycles. The Kier molecular flexibility index (Phi) is 6.37. The van der Waals surface area contributed by atoms with Gasteiger partial charge in [0.15, 0.2) is 5.60 Å². The summed E-state index contributed by atoms with van der Waals surface area (Å²) in [5, 5.41) is 0. The number of amides is 2. The fourth-order valence-electron chi connectivity index (χ4n) is 4.32. The quantitative estimate of drug-likeness (QED) is 0.619. The number of rotatable bonds is 5. The van der Waals surface area contributed by atoms with E-state index in [0.717, 1.165) is 16.7 Å². The Balaban J connectivity index is 1.70. The lowest BCUT2D eigenvalue weighted by atomic mass is 9.87. The van der Waals surface area contributed by atoms with Gasteiger partial charge in [-0.3, -0.25) is 9.59 Å². The van der Waals surface area contributed by atoms with Gasteiger partial charge in [0.1, 0.15) is 0 Å². The van der Waals surface area contributed by atoms with E-state index in [1.807, 2.05) is 54.6 Å². The summed E-state index contributed by atoms with van der Waals surface area (Å²) in [5.74, 6) is -0.216. The molecular weight excluding hydrogens is 400 g/mol. The van der Waals surface area contributed by atoms with Gasteiger partial charge in [0.2, 0.25) is 0 Å². The molecule has 1 fully saturated rings. The van der Waals surface area contributed by atoms with E-state index in [2.05, 4.69) is 18.2 Å². The first-order chi connectivity index (χ1) is 15.5. The van der Waals surface area contributed by atoms with Crippen molar-refractivity contribution in [2.24, 2.45) is 0 Å². The maximum Gasteiger partial charge on any atom is 0.256 e. The third-order valence-corrected chi connectivity index (χ3v) is 5.87. The normalized spacial score (nSPS) is 18.2. The molecule has 1 heterocycles. The Hall–Kier alpha value is -3.44. The monoisotopic (exact) mass is 428 g/mol. The van der Waals surface area contributed by atoms with Gasteiger partial charge in [0, 0.05) is 32.6 Å². The Labute approximate surface area is 189 Å². The van der Waals surface area contributed by atoms with Gasteiger partial charge >= 0.3 is 0 Å². The lowest BCUT2D eigenvalue weighted by Crippen LogP contribution is -2.61. The van der Waals surface area contributed by atoms with Crippen molar-refractivity contribution in [2.45, 2.75) is 12.0 Å². The summed E-state index contributed by atoms with van der Waals surface area (Å²) in [6.45, 7) is 0.975. The number of carbonyl (C=O) groups excluding carboxylic acids is 2. The zero-order valence-corrected chi connectivity index (χ0v) is 18.5. The highest BCUT2D eigenvalue weighted by Crippen LogP contribution is 2.31. The van der Waals surface area contributed by atoms with Crippen LogP contribution in [-0.2, 0) is 16.0 Å². The van der Waals surface area contributed by atoms with Crippen LogP contribution >= 0.6 is 0 Å². The third kappa shape index (κ3) is 4.43. The number of benzene rings is 3. The van der Waals surface area contributed by atoms with Crippen molar-refractivity contribution in [3.8, 4) is 11.1 Å². The summed E-state index contributed by atoms with van der Waals surface area (Å²) < 4.78 is 6.21. The largest absolute Gasteiger partial charge is 0.361 e. The molecule has 0 radical (unpaired) electrons. The second kappa shape index (κ2) is 9.37. The second-order valence-corrected chi connectivity index (χ2v) is 8.34. The Morgan fingerprint density at radius 1 is 0.906 bits per heavy atom. The van der Waals surface area contributed by atoms with E-state index in [-0.39, 0.29) is 18.4 Å². The molecule has 0 spiro atoms. The minimum atomic E-state index is -1.14. The first kappa shape index (κ1) is 21.8. The van der Waals surface area contributed by atoms with Crippen molar-refractivity contribution >= 4 is 11.8 Å². The molecular formula is C27H28N2O3. The molecule has 1 saturated heterocycles. The highest BCUT2D eigenvalue weighted by molar-refractivity contribution is 5.95. The Morgan fingerprint density at radius 3 is 2.22 bits per heavy atom. The van der Waals surface area contributed by atoms with Crippen molar-refractivity contribution in [3.05, 3.63) is 96.1 Å². The molecule has 1 aliphatic heterocycles. The van der Waals surface area contributed by atoms with Crippen molar-refractivity contribution in [1.29, 1.82) is 0 Å². The lowest BCUT2D eigenvalue weighted by Gasteiger charge is -2.43. The van der Waals surface area contributed by atoms with E-state index >= 15 is 0 Å². The molecule has 0 aromatic heterocycles. The molecule has 3 aromatic rings. The van der Waals surface area contributed by atoms with Crippen LogP contribution in [0.3, 0.4) is 0 Å². The maximum atomic E-state index is 13.4. The van der Waals surface area contributed by atoms with E-state index < -0.39 is 5.60 Å². The number of hydrogen-bond donors (Lipinski definition) is 0. The summed E-state index contributed by atoms with van der Waals surface area (Å²) in [6, 6.07) is 27.4. The predicted molar refractivity (Wildman–Crippen MR) is 125 cm³/mol. The van der Waals surface area contributed by atoms with Crippen LogP contribution in [-0.4, -0.2) is 61.0 Å². The van der Waals surface area contributed by atoms with Gasteiger partial charge in [-0.15, -0.1) is 0 Å². The summed E-state index contributed by atoms with van der Waals surface area (Å²) >= 11 is 0. The number of ether oxygens (including phenoxy) is 1. The van der Waals surface area contributed by atoms with Gasteiger partial charge in [-0.05, 0) is 28.8 Å². The van der Waals surface area contributed by atoms with Gasteiger partial charge in [-0.2, -0.15) is 0 Å². The Bertz CT molecular complexity index is 1080. The van der Waals surface area contributed by atoms with Gasteiger partial charge in [-0.1, -0.05) is 72.8 Å². The molecule has 5 heteroatoms. The SMILES string of the molecule is CN(C)C(=O)C1(Cc2ccccc2-c2ccccc2)CN(C(=O)c2ccccc2)CCO1. The number of carbonyl (C=O) groups is 2. The van der Waals surface area contributed by atoms with Crippen LogP contribution in [0.5, 0.6) is 0 Å². The van der Waals surface area contributed by atoms with Crippen molar-refractivity contribution < 1.29 is 14.3 Å². The zero-order valence-electron chi connectivity index (χ0n) is 18.5. The van der Waals surface area contributed by atoms with Crippen LogP contribution in [0.15, 0.2) is 84.9 Å². The summed E-state index contributed by atoms with van der Waals surface area (Å²) in [7, 11) is 3.46. The van der Waals surface area contributed by atoms with Gasteiger partial charge in [0.25, 0.3) is 11.8 Å². The standard InChI is InChI=1S/C27H28N2O3/c1-28(2)26(31)27(19-23-15-9-10-16-24(23)21-11-5-3-6-12-21)20-29(17-18-32-27)25(30)22-13-7-4-8-14-22/h3-16H,17-20H2,1-2H3. The molecule has 4 rings (SSSR count). The van der Waals surface area contributed by atoms with Crippen molar-refractivity contribution in [3.63, 3.8) is 0 Å². The average molecular weight is 429 g/mol. The summed E-state index contributed by atoms with van der Waals surface area (Å²) in [4.78, 5) is 29.9. The summed E-state index contributed by atoms with van der Waals surface area (Å²) in [6.07, 6.45) is 0.383. The van der Waals surface area contributed by atoms with Crippen LogP contribution in [0.1, 0.15) is 15.9 Å². The molecule has 0 aliphatic carbocycles. The second-order valence-electron chi connectivity index (χ2n) is 8.34. The molecule has 1 aliphatic rings. The third-order valence-electron chi connectivity index (χ3n) is 5.87. The molecule has 3 aromatic carbocycles. The molecule has 1 unspecified atom stereocenters. The van der Waals surface area contributed by atoms with E-state index in [1.165, 1.54) is 0 Å². The molecule has 0 N–H and O–H groups in total. The van der Waals surface area contributed by atoms with Gasteiger partial charge in [0.05, 0.1) is 13.2 Å². The zero-order chi connectivity index (χ0) is 22.6. The highest BCUT2D eigenvalue weighted by atomic mass is 16.5. The fraction of sp³-hybridized carbons (Fsp3) is 0.259. The molecule has 1 atom stereocenters. The van der Waals surface area contributed by atoms with E-state index in [9.17, 15) is 9.59 Å². The average Bonchev–Trinajstić information content (AvgIpc) is 2.84. The molecule has 164 valence electrons.